The van der Waals surface area contributed by atoms with Crippen molar-refractivity contribution in [1.82, 2.24) is 29.9 Å². The summed E-state index contributed by atoms with van der Waals surface area (Å²) in [5.74, 6) is 0.773. The zero-order valence-corrected chi connectivity index (χ0v) is 10.7. The highest BCUT2D eigenvalue weighted by Crippen LogP contribution is 2.18. The second-order valence-electron chi connectivity index (χ2n) is 4.32. The number of hydrogen-bond acceptors (Lipinski definition) is 5. The molecular formula is C12H15N7. The fourth-order valence-electron chi connectivity index (χ4n) is 1.96. The molecule has 3 aromatic rings. The maximum absolute atomic E-state index is 4.23. The fraction of sp³-hybridized carbons (Fsp3) is 0.333. The highest BCUT2D eigenvalue weighted by atomic mass is 15.3. The predicted molar refractivity (Wildman–Crippen MR) is 71.8 cm³/mol. The Kier molecular flexibility index (Phi) is 3.09. The Bertz CT molecular complexity index is 656. The summed E-state index contributed by atoms with van der Waals surface area (Å²) in [5, 5.41) is 14.6. The molecule has 3 aromatic heterocycles. The summed E-state index contributed by atoms with van der Waals surface area (Å²) >= 11 is 0. The van der Waals surface area contributed by atoms with E-state index in [-0.39, 0.29) is 0 Å². The molecule has 98 valence electrons. The molecule has 0 unspecified atom stereocenters. The van der Waals surface area contributed by atoms with Gasteiger partial charge in [-0.2, -0.15) is 10.2 Å². The number of anilines is 1. The molecule has 7 heteroatoms. The van der Waals surface area contributed by atoms with Gasteiger partial charge in [-0.1, -0.05) is 0 Å². The van der Waals surface area contributed by atoms with Crippen LogP contribution in [0.25, 0.3) is 11.0 Å². The topological polar surface area (TPSA) is 84.3 Å². The molecule has 0 saturated heterocycles. The van der Waals surface area contributed by atoms with Crippen LogP contribution in [0, 0.1) is 6.92 Å². The molecule has 0 atom stereocenters. The molecule has 3 heterocycles. The first-order valence-electron chi connectivity index (χ1n) is 6.21. The van der Waals surface area contributed by atoms with Crippen molar-refractivity contribution in [3.8, 4) is 0 Å². The van der Waals surface area contributed by atoms with E-state index in [4.69, 9.17) is 0 Å². The largest absolute Gasteiger partial charge is 0.368 e. The lowest BCUT2D eigenvalue weighted by molar-refractivity contribution is 0.591. The molecule has 0 aliphatic heterocycles. The maximum atomic E-state index is 4.23. The van der Waals surface area contributed by atoms with E-state index in [9.17, 15) is 0 Å². The van der Waals surface area contributed by atoms with Gasteiger partial charge in [0.15, 0.2) is 11.3 Å². The van der Waals surface area contributed by atoms with Crippen LogP contribution in [0.5, 0.6) is 0 Å². The van der Waals surface area contributed by atoms with Crippen LogP contribution in [0.4, 0.5) is 5.82 Å². The third-order valence-corrected chi connectivity index (χ3v) is 2.93. The van der Waals surface area contributed by atoms with E-state index in [0.717, 1.165) is 42.1 Å². The molecule has 0 aliphatic rings. The number of H-pyrrole nitrogens is 1. The van der Waals surface area contributed by atoms with Gasteiger partial charge >= 0.3 is 0 Å². The summed E-state index contributed by atoms with van der Waals surface area (Å²) in [6.45, 7) is 3.65. The fourth-order valence-corrected chi connectivity index (χ4v) is 1.96. The second kappa shape index (κ2) is 5.05. The Morgan fingerprint density at radius 2 is 2.26 bits per heavy atom. The Balaban J connectivity index is 1.62. The molecule has 0 aliphatic carbocycles. The quantitative estimate of drug-likeness (QED) is 0.674. The molecule has 0 radical (unpaired) electrons. The molecule has 2 N–H and O–H groups in total. The van der Waals surface area contributed by atoms with E-state index in [2.05, 4.69) is 30.6 Å². The van der Waals surface area contributed by atoms with Crippen molar-refractivity contribution in [3.05, 3.63) is 30.5 Å². The van der Waals surface area contributed by atoms with Crippen molar-refractivity contribution in [3.63, 3.8) is 0 Å². The number of rotatable bonds is 5. The van der Waals surface area contributed by atoms with E-state index < -0.39 is 0 Å². The summed E-state index contributed by atoms with van der Waals surface area (Å²) < 4.78 is 1.91. The molecule has 7 nitrogen and oxygen atoms in total. The first kappa shape index (κ1) is 11.6. The average Bonchev–Trinajstić information content (AvgIpc) is 3.06. The van der Waals surface area contributed by atoms with Crippen molar-refractivity contribution in [2.45, 2.75) is 19.9 Å². The van der Waals surface area contributed by atoms with Crippen molar-refractivity contribution in [1.29, 1.82) is 0 Å². The highest BCUT2D eigenvalue weighted by molar-refractivity contribution is 5.86. The molecule has 0 saturated carbocycles. The summed E-state index contributed by atoms with van der Waals surface area (Å²) in [7, 11) is 0. The molecule has 0 bridgehead atoms. The summed E-state index contributed by atoms with van der Waals surface area (Å²) in [4.78, 5) is 8.44. The van der Waals surface area contributed by atoms with Crippen molar-refractivity contribution >= 4 is 16.9 Å². The number of aryl methyl sites for hydroxylation is 2. The molecule has 3 rings (SSSR count). The maximum Gasteiger partial charge on any atom is 0.157 e. The monoisotopic (exact) mass is 257 g/mol. The van der Waals surface area contributed by atoms with Gasteiger partial charge in [-0.25, -0.2) is 9.97 Å². The van der Waals surface area contributed by atoms with Crippen LogP contribution in [-0.2, 0) is 6.54 Å². The smallest absolute Gasteiger partial charge is 0.157 e. The average molecular weight is 257 g/mol. The number of nitrogens with zero attached hydrogens (tertiary/aromatic N) is 5. The van der Waals surface area contributed by atoms with Crippen LogP contribution < -0.4 is 5.32 Å². The van der Waals surface area contributed by atoms with Crippen molar-refractivity contribution in [2.75, 3.05) is 11.9 Å². The first-order valence-corrected chi connectivity index (χ1v) is 6.21. The minimum atomic E-state index is 0.773. The van der Waals surface area contributed by atoms with Crippen molar-refractivity contribution < 1.29 is 0 Å². The van der Waals surface area contributed by atoms with E-state index >= 15 is 0 Å². The van der Waals surface area contributed by atoms with Crippen LogP contribution in [0.2, 0.25) is 0 Å². The molecule has 0 aromatic carbocycles. The van der Waals surface area contributed by atoms with Crippen molar-refractivity contribution in [2.24, 2.45) is 0 Å². The Morgan fingerprint density at radius 1 is 1.32 bits per heavy atom. The van der Waals surface area contributed by atoms with Gasteiger partial charge in [-0.15, -0.1) is 0 Å². The molecular weight excluding hydrogens is 242 g/mol. The minimum Gasteiger partial charge on any atom is -0.368 e. The zero-order chi connectivity index (χ0) is 13.1. The van der Waals surface area contributed by atoms with Gasteiger partial charge in [0.05, 0.1) is 5.69 Å². The van der Waals surface area contributed by atoms with Crippen LogP contribution in [0.3, 0.4) is 0 Å². The highest BCUT2D eigenvalue weighted by Gasteiger charge is 2.08. The SMILES string of the molecule is Cc1[nH]nc2c(NCCCn3cccn3)ncnc12. The second-order valence-corrected chi connectivity index (χ2v) is 4.32. The van der Waals surface area contributed by atoms with Gasteiger partial charge in [0.2, 0.25) is 0 Å². The number of nitrogens with one attached hydrogen (secondary N) is 2. The van der Waals surface area contributed by atoms with Crippen LogP contribution in [0.1, 0.15) is 12.1 Å². The van der Waals surface area contributed by atoms with Gasteiger partial charge in [0.25, 0.3) is 0 Å². The summed E-state index contributed by atoms with van der Waals surface area (Å²) in [6, 6.07) is 1.92. The lowest BCUT2D eigenvalue weighted by atomic mass is 10.3. The molecule has 0 spiro atoms. The predicted octanol–water partition coefficient (Wildman–Crippen LogP) is 1.36. The molecule has 0 fully saturated rings. The standard InChI is InChI=1S/C12H15N7/c1-9-10-11(18-17-9)12(15-8-14-10)13-4-2-6-19-7-3-5-16-19/h3,5,7-8H,2,4,6H2,1H3,(H,17,18)(H,13,14,15). The lowest BCUT2D eigenvalue weighted by Gasteiger charge is -2.05. The summed E-state index contributed by atoms with van der Waals surface area (Å²) in [5.41, 5.74) is 2.61. The third kappa shape index (κ3) is 2.40. The minimum absolute atomic E-state index is 0.773. The van der Waals surface area contributed by atoms with Gasteiger partial charge in [0, 0.05) is 25.5 Å². The Hall–Kier alpha value is -2.44. The van der Waals surface area contributed by atoms with Crippen LogP contribution in [0.15, 0.2) is 24.8 Å². The molecule has 0 amide bonds. The first-order chi connectivity index (χ1) is 9.34. The van der Waals surface area contributed by atoms with E-state index in [1.54, 1.807) is 12.5 Å². The van der Waals surface area contributed by atoms with Crippen LogP contribution in [-0.4, -0.2) is 36.5 Å². The normalized spacial score (nSPS) is 11.0. The number of aromatic amines is 1. The third-order valence-electron chi connectivity index (χ3n) is 2.93. The van der Waals surface area contributed by atoms with Gasteiger partial charge in [0.1, 0.15) is 11.8 Å². The Morgan fingerprint density at radius 3 is 3.11 bits per heavy atom. The van der Waals surface area contributed by atoms with Crippen LogP contribution >= 0.6 is 0 Å². The van der Waals surface area contributed by atoms with Gasteiger partial charge in [-0.3, -0.25) is 9.78 Å². The number of hydrogen-bond donors (Lipinski definition) is 2. The lowest BCUT2D eigenvalue weighted by Crippen LogP contribution is -2.08. The van der Waals surface area contributed by atoms with Gasteiger partial charge < -0.3 is 5.32 Å². The zero-order valence-electron chi connectivity index (χ0n) is 10.7. The number of fused-ring (bicyclic) bond motifs is 1. The number of aromatic nitrogens is 6. The Labute approximate surface area is 110 Å². The molecule has 19 heavy (non-hydrogen) atoms. The van der Waals surface area contributed by atoms with E-state index in [1.165, 1.54) is 0 Å². The van der Waals surface area contributed by atoms with Gasteiger partial charge in [-0.05, 0) is 19.4 Å². The van der Waals surface area contributed by atoms with E-state index in [0.29, 0.717) is 0 Å². The summed E-state index contributed by atoms with van der Waals surface area (Å²) in [6.07, 6.45) is 6.27. The van der Waals surface area contributed by atoms with E-state index in [1.807, 2.05) is 23.9 Å².